The van der Waals surface area contributed by atoms with Crippen molar-refractivity contribution in [3.05, 3.63) is 110 Å². The molecular weight excluding hydrogens is 414 g/mol. The van der Waals surface area contributed by atoms with Crippen LogP contribution in [0.1, 0.15) is 22.6 Å². The summed E-state index contributed by atoms with van der Waals surface area (Å²) in [4.78, 5) is 28.5. The fraction of sp³-hybridized carbons (Fsp3) is 0.120. The summed E-state index contributed by atoms with van der Waals surface area (Å²) in [5.41, 5.74) is -0.681. The van der Waals surface area contributed by atoms with Gasteiger partial charge in [0.15, 0.2) is 11.6 Å². The molecule has 5 rings (SSSR count). The topological polar surface area (TPSA) is 64.1 Å². The van der Waals surface area contributed by atoms with Gasteiger partial charge in [-0.3, -0.25) is 4.79 Å². The second-order valence-electron chi connectivity index (χ2n) is 7.48. The molecule has 2 heterocycles. The minimum atomic E-state index is -1.06. The molecule has 158 valence electrons. The van der Waals surface area contributed by atoms with E-state index in [1.54, 1.807) is 42.5 Å². The Morgan fingerprint density at radius 1 is 0.906 bits per heavy atom. The molecule has 32 heavy (non-hydrogen) atoms. The van der Waals surface area contributed by atoms with E-state index in [2.05, 4.69) is 16.8 Å². The lowest BCUT2D eigenvalue weighted by molar-refractivity contribution is 0.00897. The predicted molar refractivity (Wildman–Crippen MR) is 116 cm³/mol. The van der Waals surface area contributed by atoms with Gasteiger partial charge >= 0.3 is 5.69 Å². The molecule has 1 saturated heterocycles. The van der Waals surface area contributed by atoms with Gasteiger partial charge in [0, 0.05) is 17.0 Å². The number of nitrogens with one attached hydrogen (secondary N) is 1. The van der Waals surface area contributed by atoms with E-state index in [4.69, 9.17) is 4.74 Å². The molecule has 1 fully saturated rings. The zero-order valence-electron chi connectivity index (χ0n) is 16.7. The second kappa shape index (κ2) is 7.91. The zero-order chi connectivity index (χ0) is 22.2. The average Bonchev–Trinajstić information content (AvgIpc) is 2.73. The Hall–Kier alpha value is -4.02. The summed E-state index contributed by atoms with van der Waals surface area (Å²) in [5.74, 6) is 3.39. The van der Waals surface area contributed by atoms with Crippen molar-refractivity contribution in [2.24, 2.45) is 0 Å². The lowest BCUT2D eigenvalue weighted by Crippen LogP contribution is -2.36. The number of hydrogen-bond acceptors (Lipinski definition) is 3. The molecule has 5 nitrogen and oxygen atoms in total. The van der Waals surface area contributed by atoms with Crippen LogP contribution in [0.5, 0.6) is 0 Å². The molecule has 1 aliphatic heterocycles. The van der Waals surface area contributed by atoms with E-state index in [0.29, 0.717) is 34.4 Å². The number of halogens is 2. The van der Waals surface area contributed by atoms with E-state index in [1.807, 2.05) is 6.07 Å². The lowest BCUT2D eigenvalue weighted by atomic mass is 9.94. The third-order valence-corrected chi connectivity index (χ3v) is 5.40. The van der Waals surface area contributed by atoms with Crippen molar-refractivity contribution in [2.45, 2.75) is 5.92 Å². The molecule has 0 radical (unpaired) electrons. The first kappa shape index (κ1) is 19.9. The highest BCUT2D eigenvalue weighted by Gasteiger charge is 2.26. The van der Waals surface area contributed by atoms with Gasteiger partial charge < -0.3 is 9.72 Å². The van der Waals surface area contributed by atoms with Gasteiger partial charge in [-0.15, -0.1) is 0 Å². The molecule has 0 unspecified atom stereocenters. The number of hydrogen-bond donors (Lipinski definition) is 1. The highest BCUT2D eigenvalue weighted by molar-refractivity contribution is 5.82. The van der Waals surface area contributed by atoms with Crippen LogP contribution >= 0.6 is 0 Å². The Labute approximate surface area is 180 Å². The number of rotatable bonds is 2. The standard InChI is InChI=1S/C25H16F2N2O3/c26-19-11-16(10-9-15-5-2-1-3-6-15)12-20(27)23(19)29-24(30)22-18(17-13-32-14-17)7-4-8-21(22)28-25(29)31/h1-8,11-12,17H,13-14H2,(H,28,31). The Bertz CT molecular complexity index is 1500. The molecule has 0 saturated carbocycles. The average molecular weight is 430 g/mol. The largest absolute Gasteiger partial charge is 0.380 e. The van der Waals surface area contributed by atoms with Crippen LogP contribution in [0.15, 0.2) is 70.3 Å². The molecule has 0 atom stereocenters. The molecule has 1 N–H and O–H groups in total. The quantitative estimate of drug-likeness (QED) is 0.496. The molecule has 1 aliphatic rings. The van der Waals surface area contributed by atoms with Crippen molar-refractivity contribution >= 4 is 10.9 Å². The van der Waals surface area contributed by atoms with Crippen LogP contribution in [0.4, 0.5) is 8.78 Å². The fourth-order valence-electron chi connectivity index (χ4n) is 3.76. The first-order valence-electron chi connectivity index (χ1n) is 9.95. The van der Waals surface area contributed by atoms with Crippen LogP contribution in [0, 0.1) is 23.5 Å². The van der Waals surface area contributed by atoms with E-state index in [0.717, 1.165) is 12.1 Å². The van der Waals surface area contributed by atoms with E-state index in [9.17, 15) is 18.4 Å². The maximum atomic E-state index is 15.0. The summed E-state index contributed by atoms with van der Waals surface area (Å²) in [6.07, 6.45) is 0. The number of ether oxygens (including phenoxy) is 1. The van der Waals surface area contributed by atoms with Gasteiger partial charge in [0.05, 0.1) is 24.1 Å². The SMILES string of the molecule is O=c1[nH]c2cccc(C3COC3)c2c(=O)n1-c1c(F)cc(C#Cc2ccccc2)cc1F. The van der Waals surface area contributed by atoms with E-state index < -0.39 is 28.6 Å². The van der Waals surface area contributed by atoms with Crippen LogP contribution < -0.4 is 11.2 Å². The van der Waals surface area contributed by atoms with Crippen LogP contribution in [-0.4, -0.2) is 22.8 Å². The molecule has 0 aliphatic carbocycles. The summed E-state index contributed by atoms with van der Waals surface area (Å²) in [5, 5.41) is 0.215. The highest BCUT2D eigenvalue weighted by Crippen LogP contribution is 2.28. The Morgan fingerprint density at radius 2 is 1.59 bits per heavy atom. The van der Waals surface area contributed by atoms with Crippen LogP contribution in [0.25, 0.3) is 16.6 Å². The lowest BCUT2D eigenvalue weighted by Gasteiger charge is -2.27. The molecule has 3 aromatic carbocycles. The molecule has 0 amide bonds. The smallest absolute Gasteiger partial charge is 0.333 e. The monoisotopic (exact) mass is 430 g/mol. The number of aromatic amines is 1. The van der Waals surface area contributed by atoms with E-state index >= 15 is 0 Å². The number of benzene rings is 3. The highest BCUT2D eigenvalue weighted by atomic mass is 19.1. The Kier molecular flexibility index (Phi) is 4.92. The fourth-order valence-corrected chi connectivity index (χ4v) is 3.76. The molecular formula is C25H16F2N2O3. The molecule has 7 heteroatoms. The number of fused-ring (bicyclic) bond motifs is 1. The van der Waals surface area contributed by atoms with Gasteiger partial charge in [-0.1, -0.05) is 42.2 Å². The number of aromatic nitrogens is 2. The second-order valence-corrected chi connectivity index (χ2v) is 7.48. The zero-order valence-corrected chi connectivity index (χ0v) is 16.7. The first-order chi connectivity index (χ1) is 15.5. The molecule has 0 bridgehead atoms. The van der Waals surface area contributed by atoms with Crippen molar-refractivity contribution < 1.29 is 13.5 Å². The minimum Gasteiger partial charge on any atom is -0.380 e. The summed E-state index contributed by atoms with van der Waals surface area (Å²) in [7, 11) is 0. The minimum absolute atomic E-state index is 0.0175. The van der Waals surface area contributed by atoms with Gasteiger partial charge in [0.25, 0.3) is 5.56 Å². The van der Waals surface area contributed by atoms with Gasteiger partial charge in [-0.2, -0.15) is 0 Å². The molecule has 4 aromatic rings. The normalized spacial score (nSPS) is 13.4. The maximum Gasteiger partial charge on any atom is 0.333 e. The van der Waals surface area contributed by atoms with Gasteiger partial charge in [-0.25, -0.2) is 18.1 Å². The maximum absolute atomic E-state index is 15.0. The van der Waals surface area contributed by atoms with E-state index in [1.165, 1.54) is 0 Å². The first-order valence-corrected chi connectivity index (χ1v) is 9.95. The third-order valence-electron chi connectivity index (χ3n) is 5.40. The van der Waals surface area contributed by atoms with Crippen LogP contribution in [0.3, 0.4) is 0 Å². The van der Waals surface area contributed by atoms with Crippen LogP contribution in [-0.2, 0) is 4.74 Å². The molecule has 1 aromatic heterocycles. The van der Waals surface area contributed by atoms with Crippen LogP contribution in [0.2, 0.25) is 0 Å². The Balaban J connectivity index is 1.67. The van der Waals surface area contributed by atoms with E-state index in [-0.39, 0.29) is 16.9 Å². The summed E-state index contributed by atoms with van der Waals surface area (Å²) in [6, 6.07) is 16.1. The van der Waals surface area contributed by atoms with Gasteiger partial charge in [0.1, 0.15) is 5.69 Å². The van der Waals surface area contributed by atoms with Crippen molar-refractivity contribution in [1.29, 1.82) is 0 Å². The van der Waals surface area contributed by atoms with Crippen molar-refractivity contribution in [3.8, 4) is 17.5 Å². The van der Waals surface area contributed by atoms with Gasteiger partial charge in [0.2, 0.25) is 0 Å². The molecule has 0 spiro atoms. The number of H-pyrrole nitrogens is 1. The van der Waals surface area contributed by atoms with Crippen molar-refractivity contribution in [2.75, 3.05) is 13.2 Å². The third kappa shape index (κ3) is 3.41. The van der Waals surface area contributed by atoms with Crippen molar-refractivity contribution in [1.82, 2.24) is 9.55 Å². The number of nitrogens with zero attached hydrogens (tertiary/aromatic N) is 1. The Morgan fingerprint density at radius 3 is 2.25 bits per heavy atom. The predicted octanol–water partition coefficient (Wildman–Crippen LogP) is 3.47. The summed E-state index contributed by atoms with van der Waals surface area (Å²) in [6.45, 7) is 0.879. The van der Waals surface area contributed by atoms with Gasteiger partial charge in [-0.05, 0) is 35.9 Å². The summed E-state index contributed by atoms with van der Waals surface area (Å²) >= 11 is 0. The summed E-state index contributed by atoms with van der Waals surface area (Å²) < 4.78 is 35.7. The van der Waals surface area contributed by atoms with Crippen molar-refractivity contribution in [3.63, 3.8) is 0 Å².